The number of pyridine rings is 2. The molecule has 1 atom stereocenters. The predicted octanol–water partition coefficient (Wildman–Crippen LogP) is 1.24. The van der Waals surface area contributed by atoms with Gasteiger partial charge in [-0.1, -0.05) is 12.1 Å². The lowest BCUT2D eigenvalue weighted by atomic mass is 9.97. The highest BCUT2D eigenvalue weighted by Crippen LogP contribution is 2.30. The van der Waals surface area contributed by atoms with Gasteiger partial charge in [0, 0.05) is 18.9 Å². The summed E-state index contributed by atoms with van der Waals surface area (Å²) < 4.78 is 0. The van der Waals surface area contributed by atoms with Gasteiger partial charge >= 0.3 is 0 Å². The van der Waals surface area contributed by atoms with Gasteiger partial charge in [0.15, 0.2) is 5.11 Å². The van der Waals surface area contributed by atoms with Gasteiger partial charge in [-0.05, 0) is 43.4 Å². The second kappa shape index (κ2) is 5.78. The van der Waals surface area contributed by atoms with E-state index in [4.69, 9.17) is 12.2 Å². The number of nitrogens with zero attached hydrogens (tertiary/aromatic N) is 4. The minimum Gasteiger partial charge on any atom is -0.361 e. The number of hydrazone groups is 1. The normalized spacial score (nSPS) is 21.3. The smallest absolute Gasteiger partial charge is 0.231 e. The second-order valence-electron chi connectivity index (χ2n) is 4.72. The summed E-state index contributed by atoms with van der Waals surface area (Å²) in [5.74, 6) is 0. The van der Waals surface area contributed by atoms with Gasteiger partial charge in [-0.25, -0.2) is 0 Å². The zero-order valence-electron chi connectivity index (χ0n) is 12.0. The molecule has 0 fully saturated rings. The molecular weight excluding hydrogens is 298 g/mol. The van der Waals surface area contributed by atoms with Crippen LogP contribution in [0.25, 0.3) is 0 Å². The van der Waals surface area contributed by atoms with Gasteiger partial charge in [0.1, 0.15) is 5.71 Å². The standard InChI is InChI=1S/C15H15N5OS/c1-2-20-14(22)19-18-13(11-7-3-5-9-16-11)15(20,21)12-8-4-6-10-17-12/h3-10,21H,2H2,1H3,(H,19,22). The molecule has 2 aromatic rings. The molecule has 112 valence electrons. The predicted molar refractivity (Wildman–Crippen MR) is 87.0 cm³/mol. The number of hydrogen-bond acceptors (Lipinski definition) is 5. The van der Waals surface area contributed by atoms with Crippen molar-refractivity contribution in [3.05, 3.63) is 60.2 Å². The molecule has 0 saturated carbocycles. The van der Waals surface area contributed by atoms with Gasteiger partial charge in [-0.3, -0.25) is 15.4 Å². The lowest BCUT2D eigenvalue weighted by molar-refractivity contribution is -0.0159. The van der Waals surface area contributed by atoms with E-state index >= 15 is 0 Å². The highest BCUT2D eigenvalue weighted by Gasteiger charge is 2.47. The minimum absolute atomic E-state index is 0.343. The van der Waals surface area contributed by atoms with Crippen molar-refractivity contribution in [2.45, 2.75) is 12.6 Å². The van der Waals surface area contributed by atoms with Crippen LogP contribution in [-0.2, 0) is 5.72 Å². The number of aliphatic hydroxyl groups is 1. The molecule has 0 bridgehead atoms. The van der Waals surface area contributed by atoms with Crippen molar-refractivity contribution in [3.8, 4) is 0 Å². The zero-order chi connectivity index (χ0) is 15.6. The van der Waals surface area contributed by atoms with Crippen molar-refractivity contribution < 1.29 is 5.11 Å². The van der Waals surface area contributed by atoms with Crippen molar-refractivity contribution in [2.24, 2.45) is 5.10 Å². The Morgan fingerprint density at radius 1 is 1.18 bits per heavy atom. The van der Waals surface area contributed by atoms with Crippen LogP contribution in [0.15, 0.2) is 53.9 Å². The van der Waals surface area contributed by atoms with Crippen molar-refractivity contribution in [1.29, 1.82) is 0 Å². The quantitative estimate of drug-likeness (QED) is 0.831. The van der Waals surface area contributed by atoms with Crippen LogP contribution in [-0.4, -0.2) is 37.3 Å². The summed E-state index contributed by atoms with van der Waals surface area (Å²) in [5.41, 5.74) is 2.58. The first-order valence-electron chi connectivity index (χ1n) is 6.89. The fourth-order valence-corrected chi connectivity index (χ4v) is 2.76. The summed E-state index contributed by atoms with van der Waals surface area (Å²) in [5, 5.41) is 16.0. The molecule has 6 nitrogen and oxygen atoms in total. The van der Waals surface area contributed by atoms with Gasteiger partial charge in [0.05, 0.1) is 11.4 Å². The van der Waals surface area contributed by atoms with Gasteiger partial charge in [-0.15, -0.1) is 0 Å². The largest absolute Gasteiger partial charge is 0.361 e. The fraction of sp³-hybridized carbons (Fsp3) is 0.200. The van der Waals surface area contributed by atoms with Crippen molar-refractivity contribution in [1.82, 2.24) is 20.3 Å². The van der Waals surface area contributed by atoms with Gasteiger partial charge in [0.25, 0.3) is 0 Å². The maximum absolute atomic E-state index is 11.5. The number of likely N-dealkylation sites (N-methyl/N-ethyl adjacent to an activating group) is 1. The molecular formula is C15H15N5OS. The Balaban J connectivity index is 2.21. The number of nitrogens with one attached hydrogen (secondary N) is 1. The van der Waals surface area contributed by atoms with E-state index < -0.39 is 5.72 Å². The van der Waals surface area contributed by atoms with Crippen LogP contribution in [0.5, 0.6) is 0 Å². The van der Waals surface area contributed by atoms with Crippen molar-refractivity contribution in [2.75, 3.05) is 6.54 Å². The summed E-state index contributed by atoms with van der Waals surface area (Å²) >= 11 is 5.28. The summed E-state index contributed by atoms with van der Waals surface area (Å²) in [6.07, 6.45) is 3.28. The van der Waals surface area contributed by atoms with E-state index in [1.54, 1.807) is 35.5 Å². The zero-order valence-corrected chi connectivity index (χ0v) is 12.8. The first-order chi connectivity index (χ1) is 10.7. The van der Waals surface area contributed by atoms with Gasteiger partial charge in [0.2, 0.25) is 5.72 Å². The maximum Gasteiger partial charge on any atom is 0.231 e. The topological polar surface area (TPSA) is 73.6 Å². The first-order valence-corrected chi connectivity index (χ1v) is 7.29. The summed E-state index contributed by atoms with van der Waals surface area (Å²) in [6, 6.07) is 10.8. The van der Waals surface area contributed by atoms with Crippen molar-refractivity contribution >= 4 is 23.0 Å². The van der Waals surface area contributed by atoms with E-state index in [1.807, 2.05) is 25.1 Å². The van der Waals surface area contributed by atoms with E-state index in [0.29, 0.717) is 28.8 Å². The Kier molecular flexibility index (Phi) is 3.82. The second-order valence-corrected chi connectivity index (χ2v) is 5.11. The first kappa shape index (κ1) is 14.6. The van der Waals surface area contributed by atoms with E-state index in [2.05, 4.69) is 20.5 Å². The van der Waals surface area contributed by atoms with E-state index in [-0.39, 0.29) is 0 Å². The number of aromatic nitrogens is 2. The number of thiocarbonyl (C=S) groups is 1. The van der Waals surface area contributed by atoms with Crippen LogP contribution in [0, 0.1) is 0 Å². The molecule has 2 aromatic heterocycles. The molecule has 2 N–H and O–H groups in total. The van der Waals surface area contributed by atoms with Crippen LogP contribution >= 0.6 is 12.2 Å². The molecule has 0 spiro atoms. The van der Waals surface area contributed by atoms with Crippen molar-refractivity contribution in [3.63, 3.8) is 0 Å². The third kappa shape index (κ3) is 2.24. The van der Waals surface area contributed by atoms with Crippen LogP contribution < -0.4 is 5.43 Å². The molecule has 0 saturated heterocycles. The molecule has 3 heterocycles. The molecule has 7 heteroatoms. The highest BCUT2D eigenvalue weighted by molar-refractivity contribution is 7.80. The van der Waals surface area contributed by atoms with E-state index in [0.717, 1.165) is 0 Å². The molecule has 0 radical (unpaired) electrons. The SMILES string of the molecule is CCN1C(=S)NN=C(c2ccccn2)C1(O)c1ccccn1. The minimum atomic E-state index is -1.56. The Morgan fingerprint density at radius 2 is 1.91 bits per heavy atom. The molecule has 3 rings (SSSR count). The van der Waals surface area contributed by atoms with Crippen LogP contribution in [0.2, 0.25) is 0 Å². The summed E-state index contributed by atoms with van der Waals surface area (Å²) in [4.78, 5) is 10.2. The molecule has 1 aliphatic heterocycles. The lowest BCUT2D eigenvalue weighted by Gasteiger charge is -2.42. The van der Waals surface area contributed by atoms with Gasteiger partial charge in [-0.2, -0.15) is 5.10 Å². The third-order valence-electron chi connectivity index (χ3n) is 3.48. The number of hydrogen-bond donors (Lipinski definition) is 2. The molecule has 0 amide bonds. The molecule has 0 aromatic carbocycles. The fourth-order valence-electron chi connectivity index (χ4n) is 2.46. The average molecular weight is 313 g/mol. The maximum atomic E-state index is 11.5. The molecule has 1 aliphatic rings. The van der Waals surface area contributed by atoms with Crippen LogP contribution in [0.1, 0.15) is 18.3 Å². The molecule has 22 heavy (non-hydrogen) atoms. The number of rotatable bonds is 3. The average Bonchev–Trinajstić information content (AvgIpc) is 2.57. The Labute approximate surface area is 133 Å². The Bertz CT molecular complexity index is 706. The summed E-state index contributed by atoms with van der Waals surface area (Å²) in [7, 11) is 0. The Hall–Kier alpha value is -2.38. The highest BCUT2D eigenvalue weighted by atomic mass is 32.1. The van der Waals surface area contributed by atoms with E-state index in [1.165, 1.54) is 0 Å². The summed E-state index contributed by atoms with van der Waals surface area (Å²) in [6.45, 7) is 2.40. The third-order valence-corrected chi connectivity index (χ3v) is 3.79. The lowest BCUT2D eigenvalue weighted by Crippen LogP contribution is -2.61. The Morgan fingerprint density at radius 3 is 2.50 bits per heavy atom. The van der Waals surface area contributed by atoms with Crippen LogP contribution in [0.4, 0.5) is 0 Å². The van der Waals surface area contributed by atoms with E-state index in [9.17, 15) is 5.11 Å². The molecule has 0 aliphatic carbocycles. The molecule has 1 unspecified atom stereocenters. The van der Waals surface area contributed by atoms with Gasteiger partial charge < -0.3 is 10.0 Å². The monoisotopic (exact) mass is 313 g/mol. The van der Waals surface area contributed by atoms with Crippen LogP contribution in [0.3, 0.4) is 0 Å².